The third-order valence-electron chi connectivity index (χ3n) is 4.73. The van der Waals surface area contributed by atoms with E-state index in [1.54, 1.807) is 0 Å². The normalized spacial score (nSPS) is 18.0. The number of hydrogen-bond acceptors (Lipinski definition) is 4. The predicted octanol–water partition coefficient (Wildman–Crippen LogP) is 1.44. The highest BCUT2D eigenvalue weighted by molar-refractivity contribution is 7.88. The summed E-state index contributed by atoms with van der Waals surface area (Å²) >= 11 is 0. The van der Waals surface area contributed by atoms with E-state index in [2.05, 4.69) is 9.62 Å². The van der Waals surface area contributed by atoms with Crippen LogP contribution in [-0.4, -0.2) is 62.1 Å². The summed E-state index contributed by atoms with van der Waals surface area (Å²) in [4.78, 5) is 16.9. The summed E-state index contributed by atoms with van der Waals surface area (Å²) in [6, 6.07) is 9.78. The molecule has 0 bridgehead atoms. The first-order valence-electron chi connectivity index (χ1n) is 8.84. The van der Waals surface area contributed by atoms with Gasteiger partial charge in [0, 0.05) is 32.2 Å². The van der Waals surface area contributed by atoms with Crippen LogP contribution >= 0.6 is 0 Å². The lowest BCUT2D eigenvalue weighted by Gasteiger charge is -2.37. The Morgan fingerprint density at radius 2 is 1.88 bits per heavy atom. The predicted molar refractivity (Wildman–Crippen MR) is 99.6 cm³/mol. The van der Waals surface area contributed by atoms with Crippen molar-refractivity contribution in [2.45, 2.75) is 45.3 Å². The van der Waals surface area contributed by atoms with Crippen LogP contribution in [0.4, 0.5) is 0 Å². The van der Waals surface area contributed by atoms with E-state index in [4.69, 9.17) is 0 Å². The third kappa shape index (κ3) is 6.09. The molecule has 0 aromatic heterocycles. The molecule has 7 heteroatoms. The fraction of sp³-hybridized carbons (Fsp3) is 0.611. The van der Waals surface area contributed by atoms with Gasteiger partial charge in [-0.05, 0) is 32.3 Å². The van der Waals surface area contributed by atoms with Gasteiger partial charge in [-0.15, -0.1) is 0 Å². The average Bonchev–Trinajstić information content (AvgIpc) is 2.58. The molecule has 1 saturated heterocycles. The highest BCUT2D eigenvalue weighted by atomic mass is 32.2. The standard InChI is InChI=1S/C18H29N3O3S/c1-4-20(14-16-8-6-5-7-9-16)18(22)15(2)21-12-10-17(11-13-21)19-25(3,23)24/h5-9,15,17,19H,4,10-14H2,1-3H3. The van der Waals surface area contributed by atoms with Crippen LogP contribution in [0.5, 0.6) is 0 Å². The fourth-order valence-electron chi connectivity index (χ4n) is 3.28. The van der Waals surface area contributed by atoms with Gasteiger partial charge >= 0.3 is 0 Å². The quantitative estimate of drug-likeness (QED) is 0.792. The van der Waals surface area contributed by atoms with Gasteiger partial charge < -0.3 is 4.90 Å². The molecule has 1 N–H and O–H groups in total. The van der Waals surface area contributed by atoms with E-state index in [0.717, 1.165) is 31.5 Å². The maximum absolute atomic E-state index is 12.9. The second-order valence-electron chi connectivity index (χ2n) is 6.71. The van der Waals surface area contributed by atoms with Crippen molar-refractivity contribution in [1.82, 2.24) is 14.5 Å². The molecule has 1 unspecified atom stereocenters. The number of amides is 1. The zero-order valence-corrected chi connectivity index (χ0v) is 16.1. The fourth-order valence-corrected chi connectivity index (χ4v) is 4.12. The summed E-state index contributed by atoms with van der Waals surface area (Å²) in [5.41, 5.74) is 1.13. The Morgan fingerprint density at radius 3 is 2.40 bits per heavy atom. The van der Waals surface area contributed by atoms with Gasteiger partial charge in [0.25, 0.3) is 0 Å². The lowest BCUT2D eigenvalue weighted by molar-refractivity contribution is -0.137. The van der Waals surface area contributed by atoms with E-state index < -0.39 is 10.0 Å². The van der Waals surface area contributed by atoms with E-state index in [0.29, 0.717) is 13.1 Å². The monoisotopic (exact) mass is 367 g/mol. The molecule has 1 aromatic rings. The van der Waals surface area contributed by atoms with Gasteiger partial charge in [0.05, 0.1) is 12.3 Å². The second-order valence-corrected chi connectivity index (χ2v) is 8.49. The van der Waals surface area contributed by atoms with Gasteiger partial charge in [-0.25, -0.2) is 13.1 Å². The number of rotatable bonds is 7. The molecule has 1 aliphatic rings. The SMILES string of the molecule is CCN(Cc1ccccc1)C(=O)C(C)N1CCC(NS(C)(=O)=O)CC1. The summed E-state index contributed by atoms with van der Waals surface area (Å²) in [6.07, 6.45) is 2.65. The molecule has 1 atom stereocenters. The first kappa shape index (κ1) is 19.9. The summed E-state index contributed by atoms with van der Waals surface area (Å²) in [5.74, 6) is 0.126. The first-order chi connectivity index (χ1) is 11.8. The number of benzene rings is 1. The van der Waals surface area contributed by atoms with Gasteiger partial charge in [0.1, 0.15) is 0 Å². The van der Waals surface area contributed by atoms with Crippen molar-refractivity contribution in [3.63, 3.8) is 0 Å². The lowest BCUT2D eigenvalue weighted by atomic mass is 10.0. The lowest BCUT2D eigenvalue weighted by Crippen LogP contribution is -2.52. The van der Waals surface area contributed by atoms with Crippen molar-refractivity contribution in [2.75, 3.05) is 25.9 Å². The van der Waals surface area contributed by atoms with E-state index in [9.17, 15) is 13.2 Å². The molecular formula is C18H29N3O3S. The Bertz CT molecular complexity index is 655. The summed E-state index contributed by atoms with van der Waals surface area (Å²) < 4.78 is 25.3. The Labute approximate surface area is 151 Å². The number of likely N-dealkylation sites (N-methyl/N-ethyl adjacent to an activating group) is 1. The first-order valence-corrected chi connectivity index (χ1v) is 10.7. The van der Waals surface area contributed by atoms with Crippen molar-refractivity contribution in [3.8, 4) is 0 Å². The van der Waals surface area contributed by atoms with Crippen LogP contribution in [0.1, 0.15) is 32.3 Å². The zero-order valence-electron chi connectivity index (χ0n) is 15.3. The number of sulfonamides is 1. The molecule has 0 aliphatic carbocycles. The Kier molecular flexibility index (Phi) is 6.98. The van der Waals surface area contributed by atoms with Crippen molar-refractivity contribution in [3.05, 3.63) is 35.9 Å². The molecule has 140 valence electrons. The van der Waals surface area contributed by atoms with Crippen LogP contribution in [0.2, 0.25) is 0 Å². The molecule has 0 saturated carbocycles. The van der Waals surface area contributed by atoms with Gasteiger partial charge in [-0.3, -0.25) is 9.69 Å². The van der Waals surface area contributed by atoms with Crippen molar-refractivity contribution in [2.24, 2.45) is 0 Å². The van der Waals surface area contributed by atoms with Gasteiger partial charge in [0.2, 0.25) is 15.9 Å². The van der Waals surface area contributed by atoms with E-state index in [1.165, 1.54) is 6.26 Å². The van der Waals surface area contributed by atoms with E-state index >= 15 is 0 Å². The minimum atomic E-state index is -3.17. The molecule has 25 heavy (non-hydrogen) atoms. The Morgan fingerprint density at radius 1 is 1.28 bits per heavy atom. The number of hydrogen-bond donors (Lipinski definition) is 1. The van der Waals surface area contributed by atoms with Crippen molar-refractivity contribution >= 4 is 15.9 Å². The molecule has 0 spiro atoms. The number of piperidine rings is 1. The summed E-state index contributed by atoms with van der Waals surface area (Å²) in [7, 11) is -3.17. The smallest absolute Gasteiger partial charge is 0.239 e. The van der Waals surface area contributed by atoms with Crippen LogP contribution in [0, 0.1) is 0 Å². The molecule has 1 aliphatic heterocycles. The maximum atomic E-state index is 12.9. The van der Waals surface area contributed by atoms with Gasteiger partial charge in [0.15, 0.2) is 0 Å². The molecule has 1 heterocycles. The topological polar surface area (TPSA) is 69.7 Å². The van der Waals surface area contributed by atoms with Crippen LogP contribution in [0.25, 0.3) is 0 Å². The largest absolute Gasteiger partial charge is 0.337 e. The molecule has 1 amide bonds. The molecule has 1 fully saturated rings. The number of likely N-dealkylation sites (tertiary alicyclic amines) is 1. The third-order valence-corrected chi connectivity index (χ3v) is 5.49. The van der Waals surface area contributed by atoms with Crippen molar-refractivity contribution in [1.29, 1.82) is 0 Å². The molecule has 1 aromatic carbocycles. The second kappa shape index (κ2) is 8.78. The van der Waals surface area contributed by atoms with Gasteiger partial charge in [-0.1, -0.05) is 30.3 Å². The van der Waals surface area contributed by atoms with E-state index in [-0.39, 0.29) is 18.0 Å². The zero-order chi connectivity index (χ0) is 18.4. The van der Waals surface area contributed by atoms with Crippen LogP contribution in [0.3, 0.4) is 0 Å². The van der Waals surface area contributed by atoms with Crippen LogP contribution in [0.15, 0.2) is 30.3 Å². The van der Waals surface area contributed by atoms with Gasteiger partial charge in [-0.2, -0.15) is 0 Å². The number of carbonyl (C=O) groups excluding carboxylic acids is 1. The molecule has 0 radical (unpaired) electrons. The Balaban J connectivity index is 1.90. The number of nitrogens with zero attached hydrogens (tertiary/aromatic N) is 2. The minimum Gasteiger partial charge on any atom is -0.337 e. The molecular weight excluding hydrogens is 338 g/mol. The van der Waals surface area contributed by atoms with E-state index in [1.807, 2.05) is 49.1 Å². The van der Waals surface area contributed by atoms with Crippen molar-refractivity contribution < 1.29 is 13.2 Å². The highest BCUT2D eigenvalue weighted by Gasteiger charge is 2.29. The van der Waals surface area contributed by atoms with Crippen LogP contribution < -0.4 is 4.72 Å². The Hall–Kier alpha value is -1.44. The number of carbonyl (C=O) groups is 1. The average molecular weight is 368 g/mol. The molecule has 2 rings (SSSR count). The highest BCUT2D eigenvalue weighted by Crippen LogP contribution is 2.16. The number of nitrogens with one attached hydrogen (secondary N) is 1. The van der Waals surface area contributed by atoms with Crippen LogP contribution in [-0.2, 0) is 21.4 Å². The maximum Gasteiger partial charge on any atom is 0.239 e. The minimum absolute atomic E-state index is 0.0276. The summed E-state index contributed by atoms with van der Waals surface area (Å²) in [5, 5.41) is 0. The molecule has 6 nitrogen and oxygen atoms in total. The summed E-state index contributed by atoms with van der Waals surface area (Å²) in [6.45, 7) is 6.68.